The molecule has 0 unspecified atom stereocenters. The van der Waals surface area contributed by atoms with E-state index in [-0.39, 0.29) is 5.91 Å². The zero-order valence-corrected chi connectivity index (χ0v) is 19.5. The van der Waals surface area contributed by atoms with E-state index in [0.717, 1.165) is 29.0 Å². The zero-order chi connectivity index (χ0) is 24.0. The number of aromatic amines is 1. The van der Waals surface area contributed by atoms with Crippen molar-refractivity contribution >= 4 is 16.9 Å². The summed E-state index contributed by atoms with van der Waals surface area (Å²) in [5, 5.41) is 11.4. The molecule has 35 heavy (non-hydrogen) atoms. The number of para-hydroxylation sites is 1. The van der Waals surface area contributed by atoms with Crippen molar-refractivity contribution in [2.75, 3.05) is 13.2 Å². The van der Waals surface area contributed by atoms with Crippen molar-refractivity contribution in [3.8, 4) is 28.3 Å². The predicted molar refractivity (Wildman–Crippen MR) is 138 cm³/mol. The second kappa shape index (κ2) is 10.2. The Morgan fingerprint density at radius 3 is 2.43 bits per heavy atom. The van der Waals surface area contributed by atoms with Gasteiger partial charge in [-0.15, -0.1) is 0 Å². The van der Waals surface area contributed by atoms with E-state index in [1.807, 2.05) is 85.8 Å². The highest BCUT2D eigenvalue weighted by molar-refractivity contribution is 6.11. The Labute approximate surface area is 204 Å². The van der Waals surface area contributed by atoms with Gasteiger partial charge in [0, 0.05) is 17.7 Å². The van der Waals surface area contributed by atoms with E-state index in [2.05, 4.69) is 27.6 Å². The van der Waals surface area contributed by atoms with Gasteiger partial charge < -0.3 is 10.1 Å². The summed E-state index contributed by atoms with van der Waals surface area (Å²) in [5.74, 6) is 0.554. The minimum Gasteiger partial charge on any atom is -0.493 e. The molecule has 0 spiro atoms. The number of carbonyl (C=O) groups excluding carboxylic acids is 1. The fourth-order valence-corrected chi connectivity index (χ4v) is 4.17. The Balaban J connectivity index is 1.57. The SMILES string of the molecule is CCOc1ccccc1-c1cc(C(=O)NCCc2ccccc2)c2c(-c3ccccc3)[nH]nc2n1. The van der Waals surface area contributed by atoms with Gasteiger partial charge in [0.05, 0.1) is 28.9 Å². The molecule has 6 heteroatoms. The van der Waals surface area contributed by atoms with Gasteiger partial charge in [0.2, 0.25) is 0 Å². The summed E-state index contributed by atoms with van der Waals surface area (Å²) in [6, 6.07) is 29.5. The molecule has 3 aromatic carbocycles. The van der Waals surface area contributed by atoms with Gasteiger partial charge in [-0.25, -0.2) is 4.98 Å². The monoisotopic (exact) mass is 462 g/mol. The lowest BCUT2D eigenvalue weighted by molar-refractivity contribution is 0.0955. The van der Waals surface area contributed by atoms with E-state index in [4.69, 9.17) is 9.72 Å². The highest BCUT2D eigenvalue weighted by Gasteiger charge is 2.21. The summed E-state index contributed by atoms with van der Waals surface area (Å²) >= 11 is 0. The molecule has 2 aromatic heterocycles. The number of aromatic nitrogens is 3. The van der Waals surface area contributed by atoms with Crippen molar-refractivity contribution in [2.24, 2.45) is 0 Å². The third-order valence-corrected chi connectivity index (χ3v) is 5.84. The largest absolute Gasteiger partial charge is 0.493 e. The van der Waals surface area contributed by atoms with E-state index in [1.54, 1.807) is 0 Å². The summed E-state index contributed by atoms with van der Waals surface area (Å²) in [4.78, 5) is 18.3. The zero-order valence-electron chi connectivity index (χ0n) is 19.5. The Kier molecular flexibility index (Phi) is 6.52. The van der Waals surface area contributed by atoms with Crippen LogP contribution in [-0.2, 0) is 6.42 Å². The van der Waals surface area contributed by atoms with E-state index in [0.29, 0.717) is 35.4 Å². The summed E-state index contributed by atoms with van der Waals surface area (Å²) in [7, 11) is 0. The number of hydrogen-bond donors (Lipinski definition) is 2. The number of carbonyl (C=O) groups is 1. The fourth-order valence-electron chi connectivity index (χ4n) is 4.17. The first-order valence-electron chi connectivity index (χ1n) is 11.7. The van der Waals surface area contributed by atoms with Crippen LogP contribution in [0.3, 0.4) is 0 Å². The second-order valence-electron chi connectivity index (χ2n) is 8.14. The first-order valence-corrected chi connectivity index (χ1v) is 11.7. The molecule has 0 aliphatic rings. The van der Waals surface area contributed by atoms with Crippen LogP contribution in [0.2, 0.25) is 0 Å². The Hall–Kier alpha value is -4.45. The topological polar surface area (TPSA) is 79.9 Å². The molecule has 0 atom stereocenters. The first-order chi connectivity index (χ1) is 17.2. The molecular formula is C29H26N4O2. The number of nitrogens with one attached hydrogen (secondary N) is 2. The molecule has 5 aromatic rings. The van der Waals surface area contributed by atoms with Crippen LogP contribution in [0.25, 0.3) is 33.5 Å². The fraction of sp³-hybridized carbons (Fsp3) is 0.138. The van der Waals surface area contributed by atoms with Crippen molar-refractivity contribution < 1.29 is 9.53 Å². The van der Waals surface area contributed by atoms with Gasteiger partial charge in [-0.2, -0.15) is 5.10 Å². The maximum absolute atomic E-state index is 13.5. The molecule has 5 rings (SSSR count). The van der Waals surface area contributed by atoms with Crippen LogP contribution >= 0.6 is 0 Å². The lowest BCUT2D eigenvalue weighted by Gasteiger charge is -2.12. The molecule has 0 saturated carbocycles. The average Bonchev–Trinajstić information content (AvgIpc) is 3.34. The van der Waals surface area contributed by atoms with Crippen LogP contribution < -0.4 is 10.1 Å². The van der Waals surface area contributed by atoms with E-state index < -0.39 is 0 Å². The molecule has 0 aliphatic heterocycles. The first kappa shape index (κ1) is 22.3. The van der Waals surface area contributed by atoms with Crippen LogP contribution in [0.4, 0.5) is 0 Å². The molecule has 2 N–H and O–H groups in total. The van der Waals surface area contributed by atoms with Crippen LogP contribution in [0.15, 0.2) is 91.0 Å². The number of hydrogen-bond acceptors (Lipinski definition) is 4. The van der Waals surface area contributed by atoms with Crippen molar-refractivity contribution in [3.63, 3.8) is 0 Å². The van der Waals surface area contributed by atoms with Gasteiger partial charge in [-0.3, -0.25) is 9.89 Å². The van der Waals surface area contributed by atoms with Crippen molar-refractivity contribution in [2.45, 2.75) is 13.3 Å². The molecule has 0 saturated heterocycles. The minimum absolute atomic E-state index is 0.165. The summed E-state index contributed by atoms with van der Waals surface area (Å²) < 4.78 is 5.82. The smallest absolute Gasteiger partial charge is 0.252 e. The number of amides is 1. The maximum atomic E-state index is 13.5. The lowest BCUT2D eigenvalue weighted by atomic mass is 10.0. The van der Waals surface area contributed by atoms with Crippen LogP contribution in [0.1, 0.15) is 22.8 Å². The highest BCUT2D eigenvalue weighted by Crippen LogP contribution is 2.34. The van der Waals surface area contributed by atoms with Gasteiger partial charge in [-0.05, 0) is 37.1 Å². The third kappa shape index (κ3) is 4.77. The predicted octanol–water partition coefficient (Wildman–Crippen LogP) is 5.66. The van der Waals surface area contributed by atoms with Gasteiger partial charge in [0.25, 0.3) is 5.91 Å². The van der Waals surface area contributed by atoms with Crippen molar-refractivity contribution in [3.05, 3.63) is 102 Å². The Bertz CT molecular complexity index is 1450. The minimum atomic E-state index is -0.165. The van der Waals surface area contributed by atoms with Crippen LogP contribution in [0, 0.1) is 0 Å². The molecule has 174 valence electrons. The molecule has 0 radical (unpaired) electrons. The van der Waals surface area contributed by atoms with E-state index in [1.165, 1.54) is 5.56 Å². The summed E-state index contributed by atoms with van der Waals surface area (Å²) in [5.41, 5.74) is 5.35. The van der Waals surface area contributed by atoms with Gasteiger partial charge in [-0.1, -0.05) is 72.8 Å². The number of nitrogens with zero attached hydrogens (tertiary/aromatic N) is 2. The van der Waals surface area contributed by atoms with Crippen molar-refractivity contribution in [1.82, 2.24) is 20.5 Å². The Morgan fingerprint density at radius 2 is 1.66 bits per heavy atom. The van der Waals surface area contributed by atoms with E-state index in [9.17, 15) is 4.79 Å². The highest BCUT2D eigenvalue weighted by atomic mass is 16.5. The number of fused-ring (bicyclic) bond motifs is 1. The Morgan fingerprint density at radius 1 is 0.943 bits per heavy atom. The van der Waals surface area contributed by atoms with Crippen LogP contribution in [0.5, 0.6) is 5.75 Å². The number of H-pyrrole nitrogens is 1. The molecular weight excluding hydrogens is 436 g/mol. The number of ether oxygens (including phenoxy) is 1. The summed E-state index contributed by atoms with van der Waals surface area (Å²) in [6.07, 6.45) is 0.748. The maximum Gasteiger partial charge on any atom is 0.252 e. The quantitative estimate of drug-likeness (QED) is 0.312. The van der Waals surface area contributed by atoms with Gasteiger partial charge >= 0.3 is 0 Å². The van der Waals surface area contributed by atoms with Gasteiger partial charge in [0.1, 0.15) is 5.75 Å². The van der Waals surface area contributed by atoms with Crippen LogP contribution in [-0.4, -0.2) is 34.2 Å². The molecule has 6 nitrogen and oxygen atoms in total. The average molecular weight is 463 g/mol. The lowest BCUT2D eigenvalue weighted by Crippen LogP contribution is -2.26. The van der Waals surface area contributed by atoms with Crippen molar-refractivity contribution in [1.29, 1.82) is 0 Å². The molecule has 0 fully saturated rings. The van der Waals surface area contributed by atoms with Gasteiger partial charge in [0.15, 0.2) is 5.65 Å². The summed E-state index contributed by atoms with van der Waals surface area (Å²) in [6.45, 7) is 3.00. The standard InChI is InChI=1S/C29H26N4O2/c1-2-35-25-16-10-9-15-22(25)24-19-23(29(34)30-18-17-20-11-5-3-6-12-20)26-27(32-33-28(26)31-24)21-13-7-4-8-14-21/h3-16,19H,2,17-18H2,1H3,(H,30,34)(H,31,32,33). The molecule has 0 aliphatic carbocycles. The molecule has 2 heterocycles. The third-order valence-electron chi connectivity index (χ3n) is 5.84. The number of benzene rings is 3. The number of pyridine rings is 1. The van der Waals surface area contributed by atoms with E-state index >= 15 is 0 Å². The number of rotatable bonds is 8. The normalized spacial score (nSPS) is 10.9. The second-order valence-corrected chi connectivity index (χ2v) is 8.14. The molecule has 0 bridgehead atoms. The molecule has 1 amide bonds.